The maximum Gasteiger partial charge on any atom is 0.223 e. The number of pyridine rings is 1. The van der Waals surface area contributed by atoms with Gasteiger partial charge in [0.25, 0.3) is 0 Å². The molecule has 1 atom stereocenters. The van der Waals surface area contributed by atoms with Gasteiger partial charge in [0, 0.05) is 42.3 Å². The van der Waals surface area contributed by atoms with E-state index in [0.717, 1.165) is 63.2 Å². The smallest absolute Gasteiger partial charge is 0.223 e. The number of hydrogen-bond donors (Lipinski definition) is 1. The molecule has 2 aliphatic rings. The van der Waals surface area contributed by atoms with E-state index < -0.39 is 0 Å². The van der Waals surface area contributed by atoms with Crippen LogP contribution in [0.15, 0.2) is 36.5 Å². The van der Waals surface area contributed by atoms with Crippen molar-refractivity contribution in [3.8, 4) is 0 Å². The first-order valence-corrected chi connectivity index (χ1v) is 11.5. The molecule has 3 heterocycles. The van der Waals surface area contributed by atoms with Crippen LogP contribution in [-0.2, 0) is 4.79 Å². The summed E-state index contributed by atoms with van der Waals surface area (Å²) in [7, 11) is 0. The monoisotopic (exact) mass is 444 g/mol. The predicted octanol–water partition coefficient (Wildman–Crippen LogP) is 4.35. The molecule has 1 aromatic carbocycles. The molecular formula is C24H30ClFN4O. The van der Waals surface area contributed by atoms with Gasteiger partial charge in [-0.1, -0.05) is 23.7 Å². The quantitative estimate of drug-likeness (QED) is 0.719. The van der Waals surface area contributed by atoms with Crippen LogP contribution >= 0.6 is 11.6 Å². The van der Waals surface area contributed by atoms with Gasteiger partial charge in [0.15, 0.2) is 0 Å². The van der Waals surface area contributed by atoms with Gasteiger partial charge in [-0.05, 0) is 69.5 Å². The van der Waals surface area contributed by atoms with Crippen LogP contribution in [0.4, 0.5) is 10.2 Å². The van der Waals surface area contributed by atoms with Crippen molar-refractivity contribution in [1.82, 2.24) is 15.2 Å². The van der Waals surface area contributed by atoms with Gasteiger partial charge < -0.3 is 10.2 Å². The minimum Gasteiger partial charge on any atom is -0.357 e. The third kappa shape index (κ3) is 5.18. The summed E-state index contributed by atoms with van der Waals surface area (Å²) in [6, 6.07) is 8.65. The Hall–Kier alpha value is -2.18. The number of piperidine rings is 1. The molecule has 31 heavy (non-hydrogen) atoms. The average molecular weight is 445 g/mol. The lowest BCUT2D eigenvalue weighted by Gasteiger charge is -2.33. The molecule has 2 aromatic rings. The van der Waals surface area contributed by atoms with Crippen LogP contribution in [0.2, 0.25) is 5.02 Å². The van der Waals surface area contributed by atoms with Gasteiger partial charge in [-0.2, -0.15) is 0 Å². The van der Waals surface area contributed by atoms with Crippen LogP contribution in [0.3, 0.4) is 0 Å². The Morgan fingerprint density at radius 2 is 1.94 bits per heavy atom. The molecule has 0 aliphatic carbocycles. The second-order valence-corrected chi connectivity index (χ2v) is 9.00. The van der Waals surface area contributed by atoms with E-state index in [0.29, 0.717) is 17.1 Å². The Balaban J connectivity index is 1.36. The first-order valence-electron chi connectivity index (χ1n) is 11.2. The van der Waals surface area contributed by atoms with Crippen LogP contribution in [-0.4, -0.2) is 48.5 Å². The number of aryl methyl sites for hydroxylation is 1. The van der Waals surface area contributed by atoms with E-state index >= 15 is 0 Å². The first kappa shape index (κ1) is 22.0. The Kier molecular flexibility index (Phi) is 7.08. The highest BCUT2D eigenvalue weighted by Crippen LogP contribution is 2.32. The number of likely N-dealkylation sites (tertiary alicyclic amines) is 1. The van der Waals surface area contributed by atoms with Crippen molar-refractivity contribution < 1.29 is 9.18 Å². The number of hydrogen-bond acceptors (Lipinski definition) is 4. The van der Waals surface area contributed by atoms with Crippen molar-refractivity contribution >= 4 is 23.3 Å². The number of amides is 1. The molecule has 0 radical (unpaired) electrons. The topological polar surface area (TPSA) is 48.5 Å². The standard InChI is InChI=1S/C24H30ClFN4O/c1-17-7-8-22(27-15-17)30-13-9-18(10-14-30)24(31)28-16-21(29-11-2-3-12-29)23-19(25)5-4-6-20(23)26/h4-8,15,18,21H,2-3,9-14,16H2,1H3,(H,28,31). The summed E-state index contributed by atoms with van der Waals surface area (Å²) in [5, 5.41) is 3.53. The predicted molar refractivity (Wildman–Crippen MR) is 122 cm³/mol. The summed E-state index contributed by atoms with van der Waals surface area (Å²) >= 11 is 6.36. The summed E-state index contributed by atoms with van der Waals surface area (Å²) in [6.07, 6.45) is 5.62. The Labute approximate surface area is 188 Å². The largest absolute Gasteiger partial charge is 0.357 e. The van der Waals surface area contributed by atoms with Crippen LogP contribution in [0.25, 0.3) is 0 Å². The van der Waals surface area contributed by atoms with Gasteiger partial charge in [-0.15, -0.1) is 0 Å². The number of nitrogens with zero attached hydrogens (tertiary/aromatic N) is 3. The molecule has 0 bridgehead atoms. The minimum absolute atomic E-state index is 0.0305. The van der Waals surface area contributed by atoms with Gasteiger partial charge in [-0.3, -0.25) is 9.69 Å². The molecule has 1 amide bonds. The summed E-state index contributed by atoms with van der Waals surface area (Å²) in [5.41, 5.74) is 1.63. The van der Waals surface area contributed by atoms with Crippen LogP contribution in [0, 0.1) is 18.7 Å². The third-order valence-corrected chi connectivity index (χ3v) is 6.80. The van der Waals surface area contributed by atoms with E-state index in [4.69, 9.17) is 11.6 Å². The Morgan fingerprint density at radius 3 is 2.58 bits per heavy atom. The zero-order valence-corrected chi connectivity index (χ0v) is 18.7. The molecule has 5 nitrogen and oxygen atoms in total. The van der Waals surface area contributed by atoms with Gasteiger partial charge >= 0.3 is 0 Å². The Bertz CT molecular complexity index is 873. The summed E-state index contributed by atoms with van der Waals surface area (Å²) in [4.78, 5) is 21.9. The van der Waals surface area contributed by atoms with Gasteiger partial charge in [0.2, 0.25) is 5.91 Å². The first-order chi connectivity index (χ1) is 15.0. The molecule has 2 saturated heterocycles. The number of benzene rings is 1. The second-order valence-electron chi connectivity index (χ2n) is 8.59. The van der Waals surface area contributed by atoms with E-state index in [1.807, 2.05) is 19.2 Å². The van der Waals surface area contributed by atoms with Crippen molar-refractivity contribution in [2.45, 2.75) is 38.6 Å². The van der Waals surface area contributed by atoms with Gasteiger partial charge in [-0.25, -0.2) is 9.37 Å². The van der Waals surface area contributed by atoms with E-state index in [-0.39, 0.29) is 23.7 Å². The molecule has 7 heteroatoms. The fourth-order valence-corrected chi connectivity index (χ4v) is 4.94. The lowest BCUT2D eigenvalue weighted by molar-refractivity contribution is -0.125. The van der Waals surface area contributed by atoms with E-state index in [1.54, 1.807) is 12.1 Å². The molecule has 1 N–H and O–H groups in total. The third-order valence-electron chi connectivity index (χ3n) is 6.47. The molecular weight excluding hydrogens is 415 g/mol. The van der Waals surface area contributed by atoms with Crippen LogP contribution in [0.1, 0.15) is 42.9 Å². The fraction of sp³-hybridized carbons (Fsp3) is 0.500. The molecule has 2 aliphatic heterocycles. The maximum atomic E-state index is 14.6. The average Bonchev–Trinajstić information content (AvgIpc) is 3.31. The lowest BCUT2D eigenvalue weighted by atomic mass is 9.95. The summed E-state index contributed by atoms with van der Waals surface area (Å²) in [5.74, 6) is 0.676. The van der Waals surface area contributed by atoms with E-state index in [9.17, 15) is 9.18 Å². The zero-order chi connectivity index (χ0) is 21.8. The zero-order valence-electron chi connectivity index (χ0n) is 18.0. The molecule has 1 unspecified atom stereocenters. The molecule has 4 rings (SSSR count). The van der Waals surface area contributed by atoms with Gasteiger partial charge in [0.1, 0.15) is 11.6 Å². The number of nitrogens with one attached hydrogen (secondary N) is 1. The van der Waals surface area contributed by atoms with Crippen LogP contribution < -0.4 is 10.2 Å². The number of carbonyl (C=O) groups is 1. The van der Waals surface area contributed by atoms with Crippen molar-refractivity contribution in [2.24, 2.45) is 5.92 Å². The summed E-state index contributed by atoms with van der Waals surface area (Å²) in [6.45, 7) is 5.81. The van der Waals surface area contributed by atoms with Gasteiger partial charge in [0.05, 0.1) is 6.04 Å². The minimum atomic E-state index is -0.308. The normalized spacial score (nSPS) is 18.9. The van der Waals surface area contributed by atoms with E-state index in [1.165, 1.54) is 6.07 Å². The fourth-order valence-electron chi connectivity index (χ4n) is 4.66. The molecule has 0 saturated carbocycles. The molecule has 166 valence electrons. The SMILES string of the molecule is Cc1ccc(N2CCC(C(=O)NCC(c3c(F)cccc3Cl)N3CCCC3)CC2)nc1. The maximum absolute atomic E-state index is 14.6. The lowest BCUT2D eigenvalue weighted by Crippen LogP contribution is -2.43. The number of carbonyl (C=O) groups excluding carboxylic acids is 1. The van der Waals surface area contributed by atoms with Crippen molar-refractivity contribution in [2.75, 3.05) is 37.6 Å². The molecule has 2 fully saturated rings. The highest BCUT2D eigenvalue weighted by molar-refractivity contribution is 6.31. The van der Waals surface area contributed by atoms with Crippen molar-refractivity contribution in [3.63, 3.8) is 0 Å². The number of aromatic nitrogens is 1. The molecule has 0 spiro atoms. The van der Waals surface area contributed by atoms with Crippen molar-refractivity contribution in [1.29, 1.82) is 0 Å². The summed E-state index contributed by atoms with van der Waals surface area (Å²) < 4.78 is 14.6. The highest BCUT2D eigenvalue weighted by Gasteiger charge is 2.30. The van der Waals surface area contributed by atoms with Crippen LogP contribution in [0.5, 0.6) is 0 Å². The number of halogens is 2. The highest BCUT2D eigenvalue weighted by atomic mass is 35.5. The number of rotatable bonds is 6. The van der Waals surface area contributed by atoms with Crippen molar-refractivity contribution in [3.05, 3.63) is 58.5 Å². The van der Waals surface area contributed by atoms with E-state index in [2.05, 4.69) is 26.2 Å². The number of anilines is 1. The second kappa shape index (κ2) is 9.96. The molecule has 1 aromatic heterocycles. The Morgan fingerprint density at radius 1 is 1.19 bits per heavy atom.